The highest BCUT2D eigenvalue weighted by atomic mass is 16.5. The molecule has 1 aliphatic rings. The molecule has 0 saturated carbocycles. The fourth-order valence-corrected chi connectivity index (χ4v) is 4.56. The number of benzene rings is 2. The predicted molar refractivity (Wildman–Crippen MR) is 150 cm³/mol. The molecular formula is C30H31N3O6. The maximum absolute atomic E-state index is 13.0. The summed E-state index contributed by atoms with van der Waals surface area (Å²) in [6.07, 6.45) is 5.63. The molecule has 0 radical (unpaired) electrons. The topological polar surface area (TPSA) is 119 Å². The van der Waals surface area contributed by atoms with Crippen LogP contribution in [-0.4, -0.2) is 49.8 Å². The van der Waals surface area contributed by atoms with Crippen molar-refractivity contribution in [2.75, 3.05) is 33.2 Å². The largest absolute Gasteiger partial charge is 0.497 e. The second kappa shape index (κ2) is 12.2. The molecule has 0 bridgehead atoms. The van der Waals surface area contributed by atoms with E-state index in [9.17, 15) is 9.59 Å². The van der Waals surface area contributed by atoms with Gasteiger partial charge < -0.3 is 30.0 Å². The minimum atomic E-state index is -0.999. The number of amides is 1. The molecule has 2 aromatic carbocycles. The first-order chi connectivity index (χ1) is 18.8. The van der Waals surface area contributed by atoms with Gasteiger partial charge in [-0.15, -0.1) is 0 Å². The molecule has 202 valence electrons. The van der Waals surface area contributed by atoms with Crippen molar-refractivity contribution in [3.05, 3.63) is 82.7 Å². The van der Waals surface area contributed by atoms with E-state index in [0.717, 1.165) is 39.0 Å². The monoisotopic (exact) mass is 529 g/mol. The van der Waals surface area contributed by atoms with Gasteiger partial charge in [0.2, 0.25) is 5.91 Å². The van der Waals surface area contributed by atoms with Crippen molar-refractivity contribution in [2.45, 2.75) is 19.9 Å². The van der Waals surface area contributed by atoms with E-state index in [0.29, 0.717) is 29.5 Å². The lowest BCUT2D eigenvalue weighted by Gasteiger charge is -2.15. The van der Waals surface area contributed by atoms with Crippen LogP contribution in [0.15, 0.2) is 60.4 Å². The Bertz CT molecular complexity index is 1420. The van der Waals surface area contributed by atoms with Crippen LogP contribution < -0.4 is 24.8 Å². The molecule has 0 spiro atoms. The number of carbonyl (C=O) groups is 2. The molecule has 1 aromatic heterocycles. The molecule has 3 N–H and O–H groups in total. The molecule has 1 amide bonds. The van der Waals surface area contributed by atoms with Crippen LogP contribution in [0.2, 0.25) is 0 Å². The Morgan fingerprint density at radius 1 is 1.00 bits per heavy atom. The normalized spacial score (nSPS) is 13.2. The van der Waals surface area contributed by atoms with Gasteiger partial charge in [0.15, 0.2) is 0 Å². The highest BCUT2D eigenvalue weighted by Gasteiger charge is 2.26. The summed E-state index contributed by atoms with van der Waals surface area (Å²) in [5, 5.41) is 14.9. The van der Waals surface area contributed by atoms with Gasteiger partial charge >= 0.3 is 5.97 Å². The first kappa shape index (κ1) is 27.3. The first-order valence-electron chi connectivity index (χ1n) is 12.3. The van der Waals surface area contributed by atoms with Gasteiger partial charge in [0.25, 0.3) is 0 Å². The lowest BCUT2D eigenvalue weighted by Crippen LogP contribution is -2.22. The summed E-state index contributed by atoms with van der Waals surface area (Å²) in [6, 6.07) is 13.2. The fourth-order valence-electron chi connectivity index (χ4n) is 4.56. The molecule has 4 rings (SSSR count). The van der Waals surface area contributed by atoms with E-state index in [1.165, 1.54) is 14.2 Å². The average Bonchev–Trinajstić information content (AvgIpc) is 3.20. The van der Waals surface area contributed by atoms with Crippen LogP contribution in [0, 0.1) is 0 Å². The van der Waals surface area contributed by atoms with Crippen LogP contribution in [0.3, 0.4) is 0 Å². The molecule has 0 aliphatic heterocycles. The van der Waals surface area contributed by atoms with Crippen molar-refractivity contribution in [3.63, 3.8) is 0 Å². The summed E-state index contributed by atoms with van der Waals surface area (Å²) in [6.45, 7) is 2.12. The molecule has 3 aromatic rings. The van der Waals surface area contributed by atoms with Gasteiger partial charge in [0, 0.05) is 18.9 Å². The Balaban J connectivity index is 1.70. The molecule has 0 atom stereocenters. The number of methoxy groups -OCH3 is 3. The average molecular weight is 530 g/mol. The number of carbonyl (C=O) groups excluding carboxylic acids is 1. The van der Waals surface area contributed by atoms with E-state index < -0.39 is 5.97 Å². The number of allylic oxidation sites excluding steroid dienone is 2. The molecule has 9 heteroatoms. The van der Waals surface area contributed by atoms with Gasteiger partial charge in [0.05, 0.1) is 27.8 Å². The molecular weight excluding hydrogens is 498 g/mol. The van der Waals surface area contributed by atoms with E-state index in [2.05, 4.69) is 15.6 Å². The number of carboxylic acids is 1. The number of hydrogen-bond donors (Lipinski definition) is 3. The third-order valence-corrected chi connectivity index (χ3v) is 6.50. The quantitative estimate of drug-likeness (QED) is 0.329. The molecule has 0 saturated heterocycles. The van der Waals surface area contributed by atoms with Gasteiger partial charge in [0.1, 0.15) is 29.5 Å². The summed E-state index contributed by atoms with van der Waals surface area (Å²) >= 11 is 0. The van der Waals surface area contributed by atoms with Crippen LogP contribution in [-0.2, 0) is 16.1 Å². The van der Waals surface area contributed by atoms with Gasteiger partial charge in [-0.05, 0) is 82.3 Å². The molecule has 0 unspecified atom stereocenters. The zero-order valence-corrected chi connectivity index (χ0v) is 22.3. The number of aliphatic carboxylic acids is 1. The van der Waals surface area contributed by atoms with Gasteiger partial charge in [-0.25, -0.2) is 0 Å². The van der Waals surface area contributed by atoms with Crippen LogP contribution >= 0.6 is 0 Å². The number of fused-ring (bicyclic) bond motifs is 1. The van der Waals surface area contributed by atoms with Crippen LogP contribution in [0.5, 0.6) is 17.2 Å². The SMILES string of the molecule is COc1ccc2c(c1)C(CC(=O)NCc1cccnc1)=C(C)/C2=C/c1cc(OC)c(NCC(=O)O)c(OC)c1. The number of nitrogens with one attached hydrogen (secondary N) is 2. The third kappa shape index (κ3) is 6.20. The number of aromatic nitrogens is 1. The van der Waals surface area contributed by atoms with Crippen molar-refractivity contribution in [3.8, 4) is 17.2 Å². The number of pyridine rings is 1. The fraction of sp³-hybridized carbons (Fsp3) is 0.233. The highest BCUT2D eigenvalue weighted by Crippen LogP contribution is 2.46. The second-order valence-electron chi connectivity index (χ2n) is 8.94. The summed E-state index contributed by atoms with van der Waals surface area (Å²) in [7, 11) is 4.65. The Hall–Kier alpha value is -4.79. The third-order valence-electron chi connectivity index (χ3n) is 6.50. The van der Waals surface area contributed by atoms with E-state index in [1.54, 1.807) is 19.5 Å². The molecule has 39 heavy (non-hydrogen) atoms. The summed E-state index contributed by atoms with van der Waals surface area (Å²) in [5.74, 6) is 0.508. The Morgan fingerprint density at radius 3 is 2.36 bits per heavy atom. The van der Waals surface area contributed by atoms with Gasteiger partial charge in [-0.3, -0.25) is 14.6 Å². The van der Waals surface area contributed by atoms with E-state index >= 15 is 0 Å². The standard InChI is InChI=1S/C30H31N3O6/c1-18-23(10-20-11-26(38-3)30(27(12-20)39-4)33-17-29(35)36)22-8-7-21(37-2)13-25(22)24(18)14-28(34)32-16-19-6-5-9-31-15-19/h5-13,15,33H,14,16-17H2,1-4H3,(H,32,34)(H,35,36)/b23-10-. The van der Waals surface area contributed by atoms with Crippen molar-refractivity contribution in [2.24, 2.45) is 0 Å². The van der Waals surface area contributed by atoms with Crippen LogP contribution in [0.1, 0.15) is 35.6 Å². The first-order valence-corrected chi connectivity index (χ1v) is 12.3. The maximum atomic E-state index is 13.0. The number of hydrogen-bond acceptors (Lipinski definition) is 7. The van der Waals surface area contributed by atoms with E-state index in [4.69, 9.17) is 19.3 Å². The zero-order valence-electron chi connectivity index (χ0n) is 22.3. The van der Waals surface area contributed by atoms with Crippen molar-refractivity contribution >= 4 is 34.8 Å². The Morgan fingerprint density at radius 2 is 1.74 bits per heavy atom. The number of anilines is 1. The van der Waals surface area contributed by atoms with Crippen molar-refractivity contribution in [1.82, 2.24) is 10.3 Å². The molecule has 9 nitrogen and oxygen atoms in total. The number of nitrogens with zero attached hydrogens (tertiary/aromatic N) is 1. The molecule has 1 aliphatic carbocycles. The van der Waals surface area contributed by atoms with Crippen molar-refractivity contribution < 1.29 is 28.9 Å². The maximum Gasteiger partial charge on any atom is 0.322 e. The smallest absolute Gasteiger partial charge is 0.322 e. The predicted octanol–water partition coefficient (Wildman–Crippen LogP) is 4.64. The van der Waals surface area contributed by atoms with E-state index in [-0.39, 0.29) is 18.9 Å². The highest BCUT2D eigenvalue weighted by molar-refractivity contribution is 6.08. The summed E-state index contributed by atoms with van der Waals surface area (Å²) in [5.41, 5.74) is 6.94. The minimum Gasteiger partial charge on any atom is -0.497 e. The van der Waals surface area contributed by atoms with E-state index in [1.807, 2.05) is 55.5 Å². The second-order valence-corrected chi connectivity index (χ2v) is 8.94. The van der Waals surface area contributed by atoms with Crippen LogP contribution in [0.25, 0.3) is 17.2 Å². The minimum absolute atomic E-state index is 0.0968. The van der Waals surface area contributed by atoms with Crippen LogP contribution in [0.4, 0.5) is 5.69 Å². The Kier molecular flexibility index (Phi) is 8.50. The zero-order chi connectivity index (χ0) is 27.9. The number of rotatable bonds is 11. The van der Waals surface area contributed by atoms with Gasteiger partial charge in [-0.1, -0.05) is 12.1 Å². The summed E-state index contributed by atoms with van der Waals surface area (Å²) in [4.78, 5) is 28.1. The molecule has 0 fully saturated rings. The van der Waals surface area contributed by atoms with Crippen molar-refractivity contribution in [1.29, 1.82) is 0 Å². The lowest BCUT2D eigenvalue weighted by molar-refractivity contribution is -0.135. The lowest BCUT2D eigenvalue weighted by atomic mass is 10.00. The number of carboxylic acid groups (broad SMARTS) is 1. The Labute approximate surface area is 227 Å². The number of ether oxygens (including phenoxy) is 3. The summed E-state index contributed by atoms with van der Waals surface area (Å²) < 4.78 is 16.5. The van der Waals surface area contributed by atoms with Gasteiger partial charge in [-0.2, -0.15) is 0 Å². The molecule has 1 heterocycles.